The van der Waals surface area contributed by atoms with Crippen LogP contribution in [0.1, 0.15) is 24.4 Å². The molecule has 2 atom stereocenters. The zero-order chi connectivity index (χ0) is 13.7. The first-order valence-corrected chi connectivity index (χ1v) is 6.00. The quantitative estimate of drug-likeness (QED) is 0.698. The maximum absolute atomic E-state index is 11.9. The minimum Gasteiger partial charge on any atom is -0.345 e. The van der Waals surface area contributed by atoms with E-state index in [0.717, 1.165) is 5.56 Å². The van der Waals surface area contributed by atoms with Gasteiger partial charge in [-0.05, 0) is 18.9 Å². The van der Waals surface area contributed by atoms with Crippen LogP contribution in [0.15, 0.2) is 30.3 Å². The van der Waals surface area contributed by atoms with Gasteiger partial charge in [-0.3, -0.25) is 4.79 Å². The summed E-state index contributed by atoms with van der Waals surface area (Å²) in [4.78, 5) is 11.9. The Morgan fingerprint density at radius 2 is 2.16 bits per heavy atom. The van der Waals surface area contributed by atoms with E-state index in [0.29, 0.717) is 12.2 Å². The van der Waals surface area contributed by atoms with E-state index in [1.54, 1.807) is 6.92 Å². The minimum atomic E-state index is -0.600. The SMILES string of the molecule is CC(NC(=O)[C@H](N)Cc1ccccc1)c1nn[nH]n1. The van der Waals surface area contributed by atoms with E-state index in [4.69, 9.17) is 5.73 Å². The summed E-state index contributed by atoms with van der Waals surface area (Å²) in [7, 11) is 0. The van der Waals surface area contributed by atoms with Gasteiger partial charge in [-0.2, -0.15) is 5.21 Å². The van der Waals surface area contributed by atoms with Gasteiger partial charge in [-0.25, -0.2) is 0 Å². The summed E-state index contributed by atoms with van der Waals surface area (Å²) >= 11 is 0. The Bertz CT molecular complexity index is 512. The van der Waals surface area contributed by atoms with Gasteiger partial charge >= 0.3 is 0 Å². The zero-order valence-electron chi connectivity index (χ0n) is 10.6. The highest BCUT2D eigenvalue weighted by molar-refractivity contribution is 5.82. The van der Waals surface area contributed by atoms with Crippen LogP contribution in [-0.2, 0) is 11.2 Å². The number of hydrogen-bond donors (Lipinski definition) is 3. The standard InChI is InChI=1S/C12H16N6O/c1-8(11-15-17-18-16-11)14-12(19)10(13)7-9-5-3-2-4-6-9/h2-6,8,10H,7,13H2,1H3,(H,14,19)(H,15,16,17,18)/t8?,10-/m1/s1. The lowest BCUT2D eigenvalue weighted by Crippen LogP contribution is -2.43. The van der Waals surface area contributed by atoms with Crippen molar-refractivity contribution in [1.29, 1.82) is 0 Å². The van der Waals surface area contributed by atoms with Crippen LogP contribution in [0.3, 0.4) is 0 Å². The molecule has 2 aromatic rings. The molecule has 0 radical (unpaired) electrons. The number of nitrogens with two attached hydrogens (primary N) is 1. The molecule has 4 N–H and O–H groups in total. The van der Waals surface area contributed by atoms with Crippen LogP contribution >= 0.6 is 0 Å². The van der Waals surface area contributed by atoms with Crippen LogP contribution in [-0.4, -0.2) is 32.6 Å². The van der Waals surface area contributed by atoms with Gasteiger partial charge in [0.2, 0.25) is 5.91 Å². The van der Waals surface area contributed by atoms with E-state index < -0.39 is 6.04 Å². The van der Waals surface area contributed by atoms with Crippen molar-refractivity contribution in [3.05, 3.63) is 41.7 Å². The average molecular weight is 260 g/mol. The minimum absolute atomic E-state index is 0.235. The molecule has 100 valence electrons. The van der Waals surface area contributed by atoms with E-state index >= 15 is 0 Å². The lowest BCUT2D eigenvalue weighted by molar-refractivity contribution is -0.123. The highest BCUT2D eigenvalue weighted by Crippen LogP contribution is 2.06. The predicted octanol–water partition coefficient (Wildman–Crippen LogP) is -0.0531. The number of amides is 1. The van der Waals surface area contributed by atoms with Gasteiger partial charge in [0.15, 0.2) is 5.82 Å². The van der Waals surface area contributed by atoms with Crippen LogP contribution in [0, 0.1) is 0 Å². The van der Waals surface area contributed by atoms with Crippen molar-refractivity contribution in [3.63, 3.8) is 0 Å². The molecular weight excluding hydrogens is 244 g/mol. The lowest BCUT2D eigenvalue weighted by Gasteiger charge is -2.15. The van der Waals surface area contributed by atoms with E-state index in [-0.39, 0.29) is 11.9 Å². The highest BCUT2D eigenvalue weighted by Gasteiger charge is 2.18. The third-order valence-electron chi connectivity index (χ3n) is 2.74. The molecule has 1 heterocycles. The number of tetrazole rings is 1. The molecule has 0 aliphatic rings. The summed E-state index contributed by atoms with van der Waals surface area (Å²) in [6.07, 6.45) is 0.492. The summed E-state index contributed by atoms with van der Waals surface area (Å²) in [6, 6.07) is 8.72. The average Bonchev–Trinajstić information content (AvgIpc) is 2.93. The number of hydrogen-bond acceptors (Lipinski definition) is 5. The number of H-pyrrole nitrogens is 1. The number of nitrogens with zero attached hydrogens (tertiary/aromatic N) is 3. The number of benzene rings is 1. The second-order valence-electron chi connectivity index (χ2n) is 4.30. The second-order valence-corrected chi connectivity index (χ2v) is 4.30. The Labute approximate surface area is 110 Å². The van der Waals surface area contributed by atoms with Crippen molar-refractivity contribution < 1.29 is 4.79 Å². The van der Waals surface area contributed by atoms with Crippen LogP contribution < -0.4 is 11.1 Å². The Morgan fingerprint density at radius 3 is 2.79 bits per heavy atom. The number of rotatable bonds is 5. The monoisotopic (exact) mass is 260 g/mol. The molecule has 0 bridgehead atoms. The Balaban J connectivity index is 1.89. The van der Waals surface area contributed by atoms with Gasteiger partial charge in [-0.1, -0.05) is 35.5 Å². The highest BCUT2D eigenvalue weighted by atomic mass is 16.2. The molecule has 1 amide bonds. The summed E-state index contributed by atoms with van der Waals surface area (Å²) < 4.78 is 0. The third kappa shape index (κ3) is 3.59. The van der Waals surface area contributed by atoms with Crippen molar-refractivity contribution >= 4 is 5.91 Å². The number of aromatic amines is 1. The molecule has 19 heavy (non-hydrogen) atoms. The first-order valence-electron chi connectivity index (χ1n) is 6.00. The Hall–Kier alpha value is -2.28. The maximum atomic E-state index is 11.9. The smallest absolute Gasteiger partial charge is 0.237 e. The predicted molar refractivity (Wildman–Crippen MR) is 68.9 cm³/mol. The molecule has 7 heteroatoms. The molecule has 7 nitrogen and oxygen atoms in total. The summed E-state index contributed by atoms with van der Waals surface area (Å²) in [5, 5.41) is 16.2. The third-order valence-corrected chi connectivity index (χ3v) is 2.74. The second kappa shape index (κ2) is 6.05. The molecule has 0 aliphatic heterocycles. The molecule has 2 rings (SSSR count). The van der Waals surface area contributed by atoms with Crippen molar-refractivity contribution in [1.82, 2.24) is 25.9 Å². The fourth-order valence-corrected chi connectivity index (χ4v) is 1.70. The van der Waals surface area contributed by atoms with Gasteiger partial charge < -0.3 is 11.1 Å². The van der Waals surface area contributed by atoms with Gasteiger partial charge in [0, 0.05) is 0 Å². The first-order chi connectivity index (χ1) is 9.16. The molecule has 0 saturated heterocycles. The van der Waals surface area contributed by atoms with E-state index in [1.165, 1.54) is 0 Å². The lowest BCUT2D eigenvalue weighted by atomic mass is 10.1. The summed E-state index contributed by atoms with van der Waals surface area (Å²) in [5.41, 5.74) is 6.90. The molecule has 1 aromatic heterocycles. The largest absolute Gasteiger partial charge is 0.345 e. The molecule has 0 fully saturated rings. The van der Waals surface area contributed by atoms with E-state index in [2.05, 4.69) is 25.9 Å². The van der Waals surface area contributed by atoms with Crippen LogP contribution in [0.25, 0.3) is 0 Å². The summed E-state index contributed by atoms with van der Waals surface area (Å²) in [6.45, 7) is 1.78. The van der Waals surface area contributed by atoms with E-state index in [1.807, 2.05) is 30.3 Å². The molecule has 0 saturated carbocycles. The van der Waals surface area contributed by atoms with Crippen LogP contribution in [0.2, 0.25) is 0 Å². The molecule has 0 spiro atoms. The van der Waals surface area contributed by atoms with Crippen molar-refractivity contribution in [2.75, 3.05) is 0 Å². The fraction of sp³-hybridized carbons (Fsp3) is 0.333. The molecule has 1 unspecified atom stereocenters. The van der Waals surface area contributed by atoms with Gasteiger partial charge in [0.25, 0.3) is 0 Å². The zero-order valence-corrected chi connectivity index (χ0v) is 10.6. The maximum Gasteiger partial charge on any atom is 0.237 e. The first kappa shape index (κ1) is 13.2. The van der Waals surface area contributed by atoms with Crippen molar-refractivity contribution in [2.24, 2.45) is 5.73 Å². The van der Waals surface area contributed by atoms with Gasteiger partial charge in [0.05, 0.1) is 12.1 Å². The Morgan fingerprint density at radius 1 is 1.42 bits per heavy atom. The number of nitrogens with one attached hydrogen (secondary N) is 2. The van der Waals surface area contributed by atoms with Crippen molar-refractivity contribution in [2.45, 2.75) is 25.4 Å². The van der Waals surface area contributed by atoms with Gasteiger partial charge in [-0.15, -0.1) is 10.2 Å². The molecule has 1 aromatic carbocycles. The summed E-state index contributed by atoms with van der Waals surface area (Å²) in [5.74, 6) is 0.196. The van der Waals surface area contributed by atoms with Crippen LogP contribution in [0.5, 0.6) is 0 Å². The van der Waals surface area contributed by atoms with Crippen LogP contribution in [0.4, 0.5) is 0 Å². The molecule has 0 aliphatic carbocycles. The number of carbonyl (C=O) groups is 1. The van der Waals surface area contributed by atoms with Gasteiger partial charge in [0.1, 0.15) is 0 Å². The molecular formula is C12H16N6O. The Kier molecular flexibility index (Phi) is 4.19. The fourth-order valence-electron chi connectivity index (χ4n) is 1.70. The normalized spacial score (nSPS) is 13.8. The van der Waals surface area contributed by atoms with E-state index in [9.17, 15) is 4.79 Å². The number of aromatic nitrogens is 4. The van der Waals surface area contributed by atoms with Crippen molar-refractivity contribution in [3.8, 4) is 0 Å². The topological polar surface area (TPSA) is 110 Å². The number of carbonyl (C=O) groups excluding carboxylic acids is 1.